The van der Waals surface area contributed by atoms with Crippen molar-refractivity contribution in [3.05, 3.63) is 64.7 Å². The van der Waals surface area contributed by atoms with Crippen LogP contribution in [0.4, 0.5) is 0 Å². The van der Waals surface area contributed by atoms with E-state index in [0.717, 1.165) is 68.9 Å². The number of ether oxygens (including phenoxy) is 1. The molecule has 0 aromatic heterocycles. The molecule has 0 saturated carbocycles. The molecule has 2 heterocycles. The molecule has 0 aliphatic carbocycles. The van der Waals surface area contributed by atoms with Crippen molar-refractivity contribution in [2.75, 3.05) is 59.0 Å². The van der Waals surface area contributed by atoms with Gasteiger partial charge in [0.15, 0.2) is 0 Å². The van der Waals surface area contributed by atoms with E-state index in [1.807, 2.05) is 23.1 Å². The molecule has 1 amide bonds. The van der Waals surface area contributed by atoms with Crippen LogP contribution in [0.15, 0.2) is 42.5 Å². The average molecular weight is 522 g/mol. The van der Waals surface area contributed by atoms with Crippen molar-refractivity contribution in [2.24, 2.45) is 5.41 Å². The lowest BCUT2D eigenvalue weighted by Crippen LogP contribution is -2.49. The van der Waals surface area contributed by atoms with Crippen LogP contribution in [0.5, 0.6) is 5.75 Å². The molecule has 208 valence electrons. The van der Waals surface area contributed by atoms with E-state index in [9.17, 15) is 9.90 Å². The van der Waals surface area contributed by atoms with Crippen LogP contribution in [0.25, 0.3) is 0 Å². The molecule has 1 fully saturated rings. The molecule has 1 N–H and O–H groups in total. The number of amides is 1. The predicted molar refractivity (Wildman–Crippen MR) is 154 cm³/mol. The van der Waals surface area contributed by atoms with Crippen LogP contribution in [-0.4, -0.2) is 84.7 Å². The van der Waals surface area contributed by atoms with E-state index in [1.165, 1.54) is 24.0 Å². The van der Waals surface area contributed by atoms with Crippen molar-refractivity contribution < 1.29 is 14.6 Å². The number of fused-ring (bicyclic) bond motifs is 3. The van der Waals surface area contributed by atoms with Gasteiger partial charge in [-0.1, -0.05) is 45.0 Å². The van der Waals surface area contributed by atoms with E-state index >= 15 is 0 Å². The van der Waals surface area contributed by atoms with Crippen molar-refractivity contribution in [3.63, 3.8) is 0 Å². The number of hydrogen-bond donors (Lipinski definition) is 1. The fourth-order valence-corrected chi connectivity index (χ4v) is 5.37. The molecule has 2 aromatic rings. The molecule has 2 aliphatic rings. The molecule has 1 saturated heterocycles. The highest BCUT2D eigenvalue weighted by Crippen LogP contribution is 2.26. The number of benzene rings is 2. The zero-order valence-corrected chi connectivity index (χ0v) is 23.8. The maximum Gasteiger partial charge on any atom is 0.253 e. The lowest BCUT2D eigenvalue weighted by Gasteiger charge is -2.34. The van der Waals surface area contributed by atoms with Gasteiger partial charge in [0.05, 0.1) is 13.2 Å². The number of hydrogen-bond acceptors (Lipinski definition) is 5. The number of carbonyl (C=O) groups excluding carboxylic acids is 1. The Hall–Kier alpha value is -2.41. The molecule has 38 heavy (non-hydrogen) atoms. The number of β-amino-alcohol motifs (C(OH)–C–C–N with tert-alkyl or cyclic N) is 1. The van der Waals surface area contributed by atoms with Crippen LogP contribution in [0.2, 0.25) is 0 Å². The highest BCUT2D eigenvalue weighted by atomic mass is 16.5. The number of carbonyl (C=O) groups is 1. The Morgan fingerprint density at radius 1 is 0.895 bits per heavy atom. The van der Waals surface area contributed by atoms with E-state index in [-0.39, 0.29) is 12.5 Å². The normalized spacial score (nSPS) is 18.4. The molecule has 2 bridgehead atoms. The summed E-state index contributed by atoms with van der Waals surface area (Å²) in [6.45, 7) is 14.7. The first-order chi connectivity index (χ1) is 18.3. The molecule has 0 atom stereocenters. The van der Waals surface area contributed by atoms with Crippen molar-refractivity contribution in [1.29, 1.82) is 0 Å². The smallest absolute Gasteiger partial charge is 0.253 e. The number of piperazine rings is 1. The molecule has 4 rings (SSSR count). The molecular formula is C32H47N3O3. The maximum atomic E-state index is 13.4. The number of aliphatic hydroxyl groups excluding tert-OH is 1. The summed E-state index contributed by atoms with van der Waals surface area (Å²) in [6.07, 6.45) is 5.31. The highest BCUT2D eigenvalue weighted by Gasteiger charge is 2.23. The van der Waals surface area contributed by atoms with Gasteiger partial charge >= 0.3 is 0 Å². The molecule has 6 nitrogen and oxygen atoms in total. The first kappa shape index (κ1) is 28.6. The third-order valence-corrected chi connectivity index (χ3v) is 7.73. The molecule has 0 spiro atoms. The van der Waals surface area contributed by atoms with Crippen LogP contribution in [0.3, 0.4) is 0 Å². The molecule has 2 aromatic carbocycles. The average Bonchev–Trinajstić information content (AvgIpc) is 2.89. The Morgan fingerprint density at radius 2 is 1.68 bits per heavy atom. The molecule has 2 aliphatic heterocycles. The highest BCUT2D eigenvalue weighted by molar-refractivity contribution is 5.94. The minimum absolute atomic E-state index is 0.0825. The van der Waals surface area contributed by atoms with Gasteiger partial charge in [-0.15, -0.1) is 0 Å². The van der Waals surface area contributed by atoms with Gasteiger partial charge in [0.2, 0.25) is 0 Å². The maximum absolute atomic E-state index is 13.4. The van der Waals surface area contributed by atoms with Gasteiger partial charge < -0.3 is 14.7 Å². The van der Waals surface area contributed by atoms with Crippen molar-refractivity contribution >= 4 is 5.91 Å². The Balaban J connectivity index is 1.52. The third kappa shape index (κ3) is 8.55. The summed E-state index contributed by atoms with van der Waals surface area (Å²) in [6, 6.07) is 14.9. The van der Waals surface area contributed by atoms with Gasteiger partial charge in [-0.3, -0.25) is 14.6 Å². The number of rotatable bonds is 5. The van der Waals surface area contributed by atoms with Gasteiger partial charge in [0.25, 0.3) is 5.91 Å². The second-order valence-electron chi connectivity index (χ2n) is 12.2. The van der Waals surface area contributed by atoms with Gasteiger partial charge in [-0.2, -0.15) is 0 Å². The Morgan fingerprint density at radius 3 is 2.45 bits per heavy atom. The second kappa shape index (κ2) is 13.6. The van der Waals surface area contributed by atoms with Gasteiger partial charge in [-0.25, -0.2) is 0 Å². The van der Waals surface area contributed by atoms with E-state index in [0.29, 0.717) is 31.7 Å². The van der Waals surface area contributed by atoms with Crippen LogP contribution < -0.4 is 4.74 Å². The fraction of sp³-hybridized carbons (Fsp3) is 0.594. The van der Waals surface area contributed by atoms with E-state index < -0.39 is 0 Å². The summed E-state index contributed by atoms with van der Waals surface area (Å²) >= 11 is 0. The first-order valence-electron chi connectivity index (χ1n) is 14.5. The zero-order valence-electron chi connectivity index (χ0n) is 23.8. The quantitative estimate of drug-likeness (QED) is 0.611. The molecular weight excluding hydrogens is 474 g/mol. The second-order valence-corrected chi connectivity index (χ2v) is 12.2. The summed E-state index contributed by atoms with van der Waals surface area (Å²) in [5.41, 5.74) is 4.74. The summed E-state index contributed by atoms with van der Waals surface area (Å²) in [5.74, 6) is 0.975. The monoisotopic (exact) mass is 521 g/mol. The molecule has 0 radical (unpaired) electrons. The zero-order chi connectivity index (χ0) is 27.0. The van der Waals surface area contributed by atoms with Gasteiger partial charge in [0, 0.05) is 51.3 Å². The van der Waals surface area contributed by atoms with Crippen LogP contribution in [-0.2, 0) is 13.0 Å². The largest absolute Gasteiger partial charge is 0.493 e. The summed E-state index contributed by atoms with van der Waals surface area (Å²) in [7, 11) is 0. The van der Waals surface area contributed by atoms with Gasteiger partial charge in [-0.05, 0) is 79.1 Å². The Labute approximate surface area is 229 Å². The number of aliphatic hydroxyl groups is 1. The van der Waals surface area contributed by atoms with Crippen molar-refractivity contribution in [1.82, 2.24) is 14.7 Å². The SMILES string of the molecule is CC(C)(C)CCN1CCCCCOc2ccc(C(=O)N3CCN(CCO)CC3)cc2Cc2cccc(c2)C1. The van der Waals surface area contributed by atoms with E-state index in [1.54, 1.807) is 0 Å². The fourth-order valence-electron chi connectivity index (χ4n) is 5.37. The summed E-state index contributed by atoms with van der Waals surface area (Å²) < 4.78 is 6.28. The van der Waals surface area contributed by atoms with Crippen LogP contribution in [0, 0.1) is 5.41 Å². The third-order valence-electron chi connectivity index (χ3n) is 7.73. The van der Waals surface area contributed by atoms with Crippen LogP contribution in [0.1, 0.15) is 73.5 Å². The lowest BCUT2D eigenvalue weighted by atomic mass is 9.92. The van der Waals surface area contributed by atoms with E-state index in [4.69, 9.17) is 4.74 Å². The number of nitrogens with zero attached hydrogens (tertiary/aromatic N) is 3. The first-order valence-corrected chi connectivity index (χ1v) is 14.5. The lowest BCUT2D eigenvalue weighted by molar-refractivity contribution is 0.0615. The molecule has 6 heteroatoms. The van der Waals surface area contributed by atoms with Gasteiger partial charge in [0.1, 0.15) is 5.75 Å². The predicted octanol–water partition coefficient (Wildman–Crippen LogP) is 4.83. The summed E-state index contributed by atoms with van der Waals surface area (Å²) in [5, 5.41) is 9.21. The summed E-state index contributed by atoms with van der Waals surface area (Å²) in [4.78, 5) is 20.1. The Kier molecular flexibility index (Phi) is 10.2. The standard InChI is InChI=1S/C32H47N3O3/c1-32(2,3)12-14-34-13-5-4-6-21-38-30-11-10-28(31(37)35-17-15-33(16-18-35)19-20-36)24-29(30)23-26-8-7-9-27(22-26)25-34/h7-11,22,24,36H,4-6,12-21,23,25H2,1-3H3. The minimum Gasteiger partial charge on any atom is -0.493 e. The topological polar surface area (TPSA) is 56.2 Å². The van der Waals surface area contributed by atoms with E-state index in [2.05, 4.69) is 54.8 Å². The minimum atomic E-state index is 0.0825. The molecule has 0 unspecified atom stereocenters. The van der Waals surface area contributed by atoms with Crippen molar-refractivity contribution in [2.45, 2.75) is 59.4 Å². The Bertz CT molecular complexity index is 1040. The van der Waals surface area contributed by atoms with Crippen LogP contribution >= 0.6 is 0 Å². The van der Waals surface area contributed by atoms with Crippen molar-refractivity contribution in [3.8, 4) is 5.75 Å².